The first kappa shape index (κ1) is 24.7. The fourth-order valence-electron chi connectivity index (χ4n) is 5.91. The lowest BCUT2D eigenvalue weighted by molar-refractivity contribution is 0.0438. The van der Waals surface area contributed by atoms with Crippen molar-refractivity contribution in [1.82, 2.24) is 19.6 Å². The van der Waals surface area contributed by atoms with Crippen LogP contribution in [0.15, 0.2) is 48.9 Å². The van der Waals surface area contributed by atoms with E-state index in [1.54, 1.807) is 30.7 Å². The number of hydrogen-bond acceptors (Lipinski definition) is 7. The molecule has 2 atom stereocenters. The van der Waals surface area contributed by atoms with Gasteiger partial charge in [-0.3, -0.25) is 4.98 Å². The third kappa shape index (κ3) is 4.48. The summed E-state index contributed by atoms with van der Waals surface area (Å²) in [5, 5.41) is 18.7. The van der Waals surface area contributed by atoms with Gasteiger partial charge in [0.1, 0.15) is 11.6 Å². The monoisotopic (exact) mass is 519 g/mol. The third-order valence-corrected chi connectivity index (χ3v) is 7.73. The molecular weight excluding hydrogens is 488 g/mol. The van der Waals surface area contributed by atoms with Gasteiger partial charge >= 0.3 is 0 Å². The highest BCUT2D eigenvalue weighted by Gasteiger charge is 2.34. The number of aromatic nitrogens is 4. The van der Waals surface area contributed by atoms with Gasteiger partial charge in [-0.2, -0.15) is 9.61 Å². The SMILES string of the molecule is CC1CC(N)CN(c2ccncc2Nc2ncc3ccc(-c4c(F)cc(C5(O)CCCC5)cc4F)nn23)C1. The Morgan fingerprint density at radius 2 is 1.84 bits per heavy atom. The van der Waals surface area contributed by atoms with Gasteiger partial charge in [-0.15, -0.1) is 0 Å². The quantitative estimate of drug-likeness (QED) is 0.350. The summed E-state index contributed by atoms with van der Waals surface area (Å²) >= 11 is 0. The van der Waals surface area contributed by atoms with E-state index < -0.39 is 17.2 Å². The van der Waals surface area contributed by atoms with Crippen molar-refractivity contribution < 1.29 is 13.9 Å². The number of nitrogens with one attached hydrogen (secondary N) is 1. The van der Waals surface area contributed by atoms with E-state index in [-0.39, 0.29) is 22.9 Å². The first-order valence-corrected chi connectivity index (χ1v) is 13.1. The molecule has 1 aliphatic heterocycles. The van der Waals surface area contributed by atoms with Crippen LogP contribution in [0.25, 0.3) is 16.8 Å². The molecule has 2 fully saturated rings. The molecule has 0 amide bonds. The maximum absolute atomic E-state index is 15.3. The summed E-state index contributed by atoms with van der Waals surface area (Å²) in [5.41, 5.74) is 7.60. The van der Waals surface area contributed by atoms with Crippen molar-refractivity contribution in [2.75, 3.05) is 23.3 Å². The molecule has 198 valence electrons. The molecule has 0 spiro atoms. The first-order chi connectivity index (χ1) is 18.3. The molecule has 6 rings (SSSR count). The Balaban J connectivity index is 1.34. The van der Waals surface area contributed by atoms with Crippen molar-refractivity contribution in [3.05, 3.63) is 66.1 Å². The minimum Gasteiger partial charge on any atom is -0.385 e. The number of nitrogens with zero attached hydrogens (tertiary/aromatic N) is 5. The first-order valence-electron chi connectivity index (χ1n) is 13.1. The second-order valence-corrected chi connectivity index (χ2v) is 10.7. The number of anilines is 3. The Bertz CT molecular complexity index is 1450. The minimum absolute atomic E-state index is 0.0850. The molecule has 8 nitrogen and oxygen atoms in total. The molecule has 4 heterocycles. The van der Waals surface area contributed by atoms with Crippen LogP contribution >= 0.6 is 0 Å². The summed E-state index contributed by atoms with van der Waals surface area (Å²) in [6.45, 7) is 3.80. The number of aliphatic hydroxyl groups is 1. The fourth-order valence-corrected chi connectivity index (χ4v) is 5.91. The normalized spacial score (nSPS) is 21.2. The van der Waals surface area contributed by atoms with Gasteiger partial charge in [0.05, 0.1) is 46.1 Å². The molecule has 1 saturated carbocycles. The topological polar surface area (TPSA) is 105 Å². The highest BCUT2D eigenvalue weighted by molar-refractivity contribution is 5.74. The maximum Gasteiger partial charge on any atom is 0.229 e. The molecule has 4 aromatic rings. The van der Waals surface area contributed by atoms with Gasteiger partial charge in [-0.1, -0.05) is 19.8 Å². The molecule has 1 aliphatic carbocycles. The van der Waals surface area contributed by atoms with Crippen molar-refractivity contribution in [3.63, 3.8) is 0 Å². The number of rotatable bonds is 5. The van der Waals surface area contributed by atoms with E-state index in [1.807, 2.05) is 6.07 Å². The molecule has 2 aliphatic rings. The largest absolute Gasteiger partial charge is 0.385 e. The predicted octanol–water partition coefficient (Wildman–Crippen LogP) is 4.75. The van der Waals surface area contributed by atoms with Gasteiger partial charge in [0.25, 0.3) is 0 Å². The fraction of sp³-hybridized carbons (Fsp3) is 0.393. The number of fused-ring (bicyclic) bond motifs is 1. The summed E-state index contributed by atoms with van der Waals surface area (Å²) < 4.78 is 32.0. The average Bonchev–Trinajstić information content (AvgIpc) is 3.50. The third-order valence-electron chi connectivity index (χ3n) is 7.73. The van der Waals surface area contributed by atoms with E-state index in [4.69, 9.17) is 5.73 Å². The zero-order valence-corrected chi connectivity index (χ0v) is 21.2. The van der Waals surface area contributed by atoms with Gasteiger partial charge in [0, 0.05) is 25.3 Å². The van der Waals surface area contributed by atoms with Crippen LogP contribution in [0.4, 0.5) is 26.1 Å². The van der Waals surface area contributed by atoms with Crippen molar-refractivity contribution in [1.29, 1.82) is 0 Å². The van der Waals surface area contributed by atoms with E-state index in [9.17, 15) is 5.11 Å². The number of pyridine rings is 1. The molecular formula is C28H31F2N7O. The van der Waals surface area contributed by atoms with Gasteiger partial charge < -0.3 is 21.1 Å². The average molecular weight is 520 g/mol. The second-order valence-electron chi connectivity index (χ2n) is 10.7. The van der Waals surface area contributed by atoms with E-state index in [0.29, 0.717) is 30.2 Å². The van der Waals surface area contributed by atoms with Gasteiger partial charge in [-0.05, 0) is 61.1 Å². The standard InChI is InChI=1S/C28H31F2N7O/c1-17-10-19(31)16-36(15-17)25-6-9-32-14-24(25)34-27-33-13-20-4-5-23(35-37(20)27)26-21(29)11-18(12-22(26)30)28(38)7-2-3-8-28/h4-6,9,11-14,17,19,38H,2-3,7-8,10,15-16,31H2,1H3,(H,33,34). The number of benzene rings is 1. The van der Waals surface area contributed by atoms with Crippen LogP contribution in [0, 0.1) is 17.6 Å². The minimum atomic E-state index is -1.18. The lowest BCUT2D eigenvalue weighted by atomic mass is 9.90. The summed E-state index contributed by atoms with van der Waals surface area (Å²) in [4.78, 5) is 11.0. The Hall–Kier alpha value is -3.63. The summed E-state index contributed by atoms with van der Waals surface area (Å²) in [6, 6.07) is 7.77. The summed E-state index contributed by atoms with van der Waals surface area (Å²) in [5.74, 6) is -0.663. The van der Waals surface area contributed by atoms with Crippen molar-refractivity contribution in [2.24, 2.45) is 11.7 Å². The molecule has 1 saturated heterocycles. The molecule has 3 aromatic heterocycles. The Morgan fingerprint density at radius 3 is 2.58 bits per heavy atom. The molecule has 0 bridgehead atoms. The van der Waals surface area contributed by atoms with Crippen molar-refractivity contribution in [3.8, 4) is 11.3 Å². The maximum atomic E-state index is 15.3. The van der Waals surface area contributed by atoms with Crippen LogP contribution in [0.5, 0.6) is 0 Å². The van der Waals surface area contributed by atoms with E-state index in [0.717, 1.165) is 43.7 Å². The Labute approximate surface area is 219 Å². The van der Waals surface area contributed by atoms with Crippen LogP contribution in [0.3, 0.4) is 0 Å². The molecule has 38 heavy (non-hydrogen) atoms. The summed E-state index contributed by atoms with van der Waals surface area (Å²) in [7, 11) is 0. The van der Waals surface area contributed by atoms with Gasteiger partial charge in [0.15, 0.2) is 0 Å². The van der Waals surface area contributed by atoms with Crippen LogP contribution in [0.2, 0.25) is 0 Å². The van der Waals surface area contributed by atoms with Crippen molar-refractivity contribution in [2.45, 2.75) is 50.7 Å². The number of nitrogens with two attached hydrogens (primary N) is 1. The van der Waals surface area contributed by atoms with E-state index >= 15 is 8.78 Å². The smallest absolute Gasteiger partial charge is 0.229 e. The van der Waals surface area contributed by atoms with Crippen LogP contribution in [-0.4, -0.2) is 43.8 Å². The van der Waals surface area contributed by atoms with E-state index in [1.165, 1.54) is 16.6 Å². The Morgan fingerprint density at radius 1 is 1.08 bits per heavy atom. The predicted molar refractivity (Wildman–Crippen MR) is 142 cm³/mol. The number of imidazole rings is 1. The van der Waals surface area contributed by atoms with Crippen molar-refractivity contribution >= 4 is 22.8 Å². The zero-order valence-electron chi connectivity index (χ0n) is 21.2. The van der Waals surface area contributed by atoms with E-state index in [2.05, 4.69) is 32.2 Å². The highest BCUT2D eigenvalue weighted by Crippen LogP contribution is 2.40. The lowest BCUT2D eigenvalue weighted by Crippen LogP contribution is -2.46. The number of hydrogen-bond donors (Lipinski definition) is 3. The zero-order chi connectivity index (χ0) is 26.4. The number of halogens is 2. The highest BCUT2D eigenvalue weighted by atomic mass is 19.1. The molecule has 1 aromatic carbocycles. The van der Waals surface area contributed by atoms with Crippen LogP contribution in [0.1, 0.15) is 44.6 Å². The molecule has 2 unspecified atom stereocenters. The van der Waals surface area contributed by atoms with Gasteiger partial charge in [0.2, 0.25) is 5.95 Å². The number of piperidine rings is 1. The van der Waals surface area contributed by atoms with Gasteiger partial charge in [-0.25, -0.2) is 13.8 Å². The Kier molecular flexibility index (Phi) is 6.23. The second kappa shape index (κ2) is 9.59. The van der Waals surface area contributed by atoms with Crippen LogP contribution in [-0.2, 0) is 5.60 Å². The molecule has 4 N–H and O–H groups in total. The molecule has 0 radical (unpaired) electrons. The molecule has 10 heteroatoms. The summed E-state index contributed by atoms with van der Waals surface area (Å²) in [6.07, 6.45) is 8.74. The lowest BCUT2D eigenvalue weighted by Gasteiger charge is -2.37. The van der Waals surface area contributed by atoms with Crippen LogP contribution < -0.4 is 16.0 Å².